The van der Waals surface area contributed by atoms with Crippen molar-refractivity contribution in [3.05, 3.63) is 69.3 Å². The molecule has 0 aliphatic carbocycles. The van der Waals surface area contributed by atoms with Gasteiger partial charge in [-0.2, -0.15) is 0 Å². The molecule has 0 spiro atoms. The number of nitro groups is 1. The van der Waals surface area contributed by atoms with Gasteiger partial charge in [0.15, 0.2) is 5.60 Å². The number of cyclic esters (lactones) is 1. The summed E-state index contributed by atoms with van der Waals surface area (Å²) in [5, 5.41) is 13.7. The van der Waals surface area contributed by atoms with Crippen LogP contribution >= 0.6 is 0 Å². The fourth-order valence-electron chi connectivity index (χ4n) is 2.81. The van der Waals surface area contributed by atoms with Crippen LogP contribution in [0, 0.1) is 17.0 Å². The van der Waals surface area contributed by atoms with Crippen molar-refractivity contribution in [3.63, 3.8) is 0 Å². The molecule has 0 radical (unpaired) electrons. The minimum Gasteiger partial charge on any atom is -0.445 e. The zero-order valence-electron chi connectivity index (χ0n) is 13.7. The molecule has 1 atom stereocenters. The average Bonchev–Trinajstić information content (AvgIpc) is 2.56. The first-order valence-corrected chi connectivity index (χ1v) is 7.68. The van der Waals surface area contributed by atoms with Gasteiger partial charge in [0.25, 0.3) is 11.6 Å². The predicted octanol–water partition coefficient (Wildman–Crippen LogP) is 3.01. The van der Waals surface area contributed by atoms with Gasteiger partial charge >= 0.3 is 5.97 Å². The number of aryl methyl sites for hydroxylation is 1. The van der Waals surface area contributed by atoms with Crippen LogP contribution in [0.25, 0.3) is 0 Å². The number of fused-ring (bicyclic) bond motifs is 1. The number of hydrogen-bond acceptors (Lipinski definition) is 5. The molecule has 1 heterocycles. The van der Waals surface area contributed by atoms with Crippen LogP contribution in [-0.4, -0.2) is 22.4 Å². The SMILES string of the molecule is Cc1ccc(NC(=O)C2(C)Cc3ccccc3C(=O)O2)c([N+](=O)[O-])c1. The summed E-state index contributed by atoms with van der Waals surface area (Å²) in [4.78, 5) is 35.5. The molecular weight excluding hydrogens is 324 g/mol. The molecule has 1 N–H and O–H groups in total. The third-order valence-electron chi connectivity index (χ3n) is 4.16. The zero-order chi connectivity index (χ0) is 18.2. The quantitative estimate of drug-likeness (QED) is 0.526. The first-order chi connectivity index (χ1) is 11.8. The summed E-state index contributed by atoms with van der Waals surface area (Å²) in [6.45, 7) is 3.22. The lowest BCUT2D eigenvalue weighted by molar-refractivity contribution is -0.384. The van der Waals surface area contributed by atoms with E-state index in [4.69, 9.17) is 4.74 Å². The minimum absolute atomic E-state index is 0.0664. The van der Waals surface area contributed by atoms with Crippen molar-refractivity contribution in [2.75, 3.05) is 5.32 Å². The Kier molecular flexibility index (Phi) is 4.00. The molecule has 1 aliphatic rings. The van der Waals surface area contributed by atoms with E-state index in [9.17, 15) is 19.7 Å². The summed E-state index contributed by atoms with van der Waals surface area (Å²) < 4.78 is 5.34. The Morgan fingerprint density at radius 3 is 2.72 bits per heavy atom. The molecule has 7 nitrogen and oxygen atoms in total. The van der Waals surface area contributed by atoms with Crippen molar-refractivity contribution in [2.45, 2.75) is 25.9 Å². The molecule has 7 heteroatoms. The van der Waals surface area contributed by atoms with Crippen LogP contribution in [0.4, 0.5) is 11.4 Å². The predicted molar refractivity (Wildman–Crippen MR) is 90.4 cm³/mol. The average molecular weight is 340 g/mol. The first kappa shape index (κ1) is 16.6. The molecule has 2 aromatic rings. The van der Waals surface area contributed by atoms with E-state index in [2.05, 4.69) is 5.32 Å². The van der Waals surface area contributed by atoms with E-state index >= 15 is 0 Å². The second-order valence-corrected chi connectivity index (χ2v) is 6.19. The van der Waals surface area contributed by atoms with Crippen molar-refractivity contribution < 1.29 is 19.2 Å². The molecule has 1 amide bonds. The van der Waals surface area contributed by atoms with E-state index in [0.717, 1.165) is 0 Å². The molecule has 25 heavy (non-hydrogen) atoms. The summed E-state index contributed by atoms with van der Waals surface area (Å²) in [6.07, 6.45) is 0.195. The smallest absolute Gasteiger partial charge is 0.339 e. The van der Waals surface area contributed by atoms with Crippen molar-refractivity contribution in [1.29, 1.82) is 0 Å². The van der Waals surface area contributed by atoms with Gasteiger partial charge in [-0.1, -0.05) is 24.3 Å². The number of rotatable bonds is 3. The van der Waals surface area contributed by atoms with Crippen molar-refractivity contribution in [2.24, 2.45) is 0 Å². The summed E-state index contributed by atoms with van der Waals surface area (Å²) in [7, 11) is 0. The topological polar surface area (TPSA) is 98.5 Å². The van der Waals surface area contributed by atoms with Gasteiger partial charge in [0, 0.05) is 12.5 Å². The Hall–Kier alpha value is -3.22. The van der Waals surface area contributed by atoms with E-state index in [-0.39, 0.29) is 17.8 Å². The molecule has 128 valence electrons. The Balaban J connectivity index is 1.90. The van der Waals surface area contributed by atoms with Crippen molar-refractivity contribution in [3.8, 4) is 0 Å². The molecule has 1 unspecified atom stereocenters. The van der Waals surface area contributed by atoms with Gasteiger partial charge < -0.3 is 10.1 Å². The monoisotopic (exact) mass is 340 g/mol. The van der Waals surface area contributed by atoms with Gasteiger partial charge in [0.1, 0.15) is 5.69 Å². The number of hydrogen-bond donors (Lipinski definition) is 1. The maximum Gasteiger partial charge on any atom is 0.339 e. The number of anilines is 1. The maximum absolute atomic E-state index is 12.7. The Morgan fingerprint density at radius 2 is 2.00 bits per heavy atom. The molecule has 0 aromatic heterocycles. The zero-order valence-corrected chi connectivity index (χ0v) is 13.7. The fourth-order valence-corrected chi connectivity index (χ4v) is 2.81. The molecule has 3 rings (SSSR count). The number of ether oxygens (including phenoxy) is 1. The molecule has 2 aromatic carbocycles. The van der Waals surface area contributed by atoms with E-state index in [1.165, 1.54) is 19.1 Å². The minimum atomic E-state index is -1.44. The number of carbonyl (C=O) groups is 2. The number of esters is 1. The summed E-state index contributed by atoms with van der Waals surface area (Å²) in [5.41, 5.74) is 0.249. The highest BCUT2D eigenvalue weighted by Crippen LogP contribution is 2.31. The molecule has 0 saturated heterocycles. The van der Waals surface area contributed by atoms with Gasteiger partial charge in [-0.3, -0.25) is 14.9 Å². The summed E-state index contributed by atoms with van der Waals surface area (Å²) in [6, 6.07) is 11.4. The van der Waals surface area contributed by atoms with Crippen LogP contribution in [-0.2, 0) is 16.0 Å². The highest BCUT2D eigenvalue weighted by molar-refractivity contribution is 6.03. The number of nitro benzene ring substituents is 1. The van der Waals surface area contributed by atoms with E-state index in [1.807, 2.05) is 0 Å². The Morgan fingerprint density at radius 1 is 1.28 bits per heavy atom. The highest BCUT2D eigenvalue weighted by atomic mass is 16.6. The maximum atomic E-state index is 12.7. The van der Waals surface area contributed by atoms with Gasteiger partial charge in [-0.15, -0.1) is 0 Å². The van der Waals surface area contributed by atoms with Crippen LogP contribution in [0.2, 0.25) is 0 Å². The molecule has 0 saturated carbocycles. The van der Waals surface area contributed by atoms with Gasteiger partial charge in [-0.25, -0.2) is 4.79 Å². The summed E-state index contributed by atoms with van der Waals surface area (Å²) >= 11 is 0. The molecule has 0 bridgehead atoms. The van der Waals surface area contributed by atoms with Crippen molar-refractivity contribution >= 4 is 23.3 Å². The third-order valence-corrected chi connectivity index (χ3v) is 4.16. The standard InChI is InChI=1S/C18H16N2O5/c1-11-7-8-14(15(9-11)20(23)24)19-17(22)18(2)10-12-5-3-4-6-13(12)16(21)25-18/h3-9H,10H2,1-2H3,(H,19,22). The molecule has 0 fully saturated rings. The number of carbonyl (C=O) groups excluding carboxylic acids is 2. The van der Waals surface area contributed by atoms with Crippen LogP contribution < -0.4 is 5.32 Å². The second-order valence-electron chi connectivity index (χ2n) is 6.19. The highest BCUT2D eigenvalue weighted by Gasteiger charge is 2.43. The number of nitrogens with zero attached hydrogens (tertiary/aromatic N) is 1. The van der Waals surface area contributed by atoms with Gasteiger partial charge in [0.2, 0.25) is 0 Å². The van der Waals surface area contributed by atoms with Crippen LogP contribution in [0.15, 0.2) is 42.5 Å². The summed E-state index contributed by atoms with van der Waals surface area (Å²) in [5.74, 6) is -1.19. The van der Waals surface area contributed by atoms with E-state index < -0.39 is 22.4 Å². The molecular formula is C18H16N2O5. The Bertz CT molecular complexity index is 893. The van der Waals surface area contributed by atoms with Crippen LogP contribution in [0.5, 0.6) is 0 Å². The van der Waals surface area contributed by atoms with Crippen LogP contribution in [0.3, 0.4) is 0 Å². The molecule has 1 aliphatic heterocycles. The van der Waals surface area contributed by atoms with Gasteiger partial charge in [0.05, 0.1) is 10.5 Å². The number of benzene rings is 2. The van der Waals surface area contributed by atoms with Crippen LogP contribution in [0.1, 0.15) is 28.4 Å². The first-order valence-electron chi connectivity index (χ1n) is 7.68. The van der Waals surface area contributed by atoms with Crippen molar-refractivity contribution in [1.82, 2.24) is 0 Å². The van der Waals surface area contributed by atoms with E-state index in [1.54, 1.807) is 37.3 Å². The largest absolute Gasteiger partial charge is 0.445 e. The third kappa shape index (κ3) is 3.08. The Labute approximate surface area is 143 Å². The second kappa shape index (κ2) is 6.01. The fraction of sp³-hybridized carbons (Fsp3) is 0.222. The lowest BCUT2D eigenvalue weighted by atomic mass is 9.89. The lowest BCUT2D eigenvalue weighted by Gasteiger charge is -2.32. The number of amides is 1. The normalized spacial score (nSPS) is 18.9. The number of nitrogens with one attached hydrogen (secondary N) is 1. The lowest BCUT2D eigenvalue weighted by Crippen LogP contribution is -2.48. The van der Waals surface area contributed by atoms with E-state index in [0.29, 0.717) is 16.7 Å². The van der Waals surface area contributed by atoms with Gasteiger partial charge in [-0.05, 0) is 37.1 Å².